The highest BCUT2D eigenvalue weighted by Gasteiger charge is 2.19. The van der Waals surface area contributed by atoms with Gasteiger partial charge in [-0.1, -0.05) is 48.5 Å². The van der Waals surface area contributed by atoms with E-state index in [4.69, 9.17) is 9.47 Å². The summed E-state index contributed by atoms with van der Waals surface area (Å²) < 4.78 is 12.2. The third-order valence-electron chi connectivity index (χ3n) is 5.35. The molecular formula is C25H20N4O5. The molecule has 34 heavy (non-hydrogen) atoms. The summed E-state index contributed by atoms with van der Waals surface area (Å²) in [5.74, 6) is -0.162. The number of nitrogens with zero attached hydrogens (tertiary/aromatic N) is 2. The predicted molar refractivity (Wildman–Crippen MR) is 124 cm³/mol. The number of ether oxygens (including phenoxy) is 2. The molecule has 0 bridgehead atoms. The number of fused-ring (bicyclic) bond motifs is 2. The Labute approximate surface area is 193 Å². The van der Waals surface area contributed by atoms with Crippen LogP contribution in [0.15, 0.2) is 77.6 Å². The summed E-state index contributed by atoms with van der Waals surface area (Å²) in [7, 11) is 0. The second-order valence-corrected chi connectivity index (χ2v) is 7.61. The maximum atomic E-state index is 13.0. The molecule has 9 heteroatoms. The van der Waals surface area contributed by atoms with Crippen molar-refractivity contribution >= 4 is 22.6 Å². The summed E-state index contributed by atoms with van der Waals surface area (Å²) in [6, 6.07) is 20.8. The maximum Gasteiger partial charge on any atom is 0.290 e. The molecule has 1 aliphatic rings. The van der Waals surface area contributed by atoms with E-state index in [1.807, 2.05) is 30.3 Å². The second kappa shape index (κ2) is 9.07. The van der Waals surface area contributed by atoms with E-state index < -0.39 is 11.8 Å². The Bertz CT molecular complexity index is 1450. The van der Waals surface area contributed by atoms with Crippen LogP contribution in [0.4, 0.5) is 0 Å². The van der Waals surface area contributed by atoms with Crippen molar-refractivity contribution < 1.29 is 19.1 Å². The number of amides is 2. The van der Waals surface area contributed by atoms with Crippen LogP contribution in [-0.2, 0) is 6.54 Å². The van der Waals surface area contributed by atoms with Crippen LogP contribution in [-0.4, -0.2) is 34.8 Å². The fraction of sp³-hybridized carbons (Fsp3) is 0.120. The number of aromatic nitrogens is 2. The van der Waals surface area contributed by atoms with E-state index in [1.54, 1.807) is 42.5 Å². The third-order valence-corrected chi connectivity index (χ3v) is 5.35. The molecule has 5 rings (SSSR count). The van der Waals surface area contributed by atoms with Gasteiger partial charge in [0.05, 0.1) is 11.9 Å². The fourth-order valence-electron chi connectivity index (χ4n) is 3.70. The van der Waals surface area contributed by atoms with E-state index in [0.29, 0.717) is 35.5 Å². The third kappa shape index (κ3) is 4.18. The average molecular weight is 456 g/mol. The van der Waals surface area contributed by atoms with Gasteiger partial charge in [-0.15, -0.1) is 0 Å². The van der Waals surface area contributed by atoms with Crippen LogP contribution in [0.2, 0.25) is 0 Å². The van der Waals surface area contributed by atoms with Gasteiger partial charge in [0.1, 0.15) is 13.2 Å². The van der Waals surface area contributed by atoms with Crippen molar-refractivity contribution in [1.29, 1.82) is 0 Å². The summed E-state index contributed by atoms with van der Waals surface area (Å²) >= 11 is 0. The van der Waals surface area contributed by atoms with E-state index in [2.05, 4.69) is 16.0 Å². The lowest BCUT2D eigenvalue weighted by molar-refractivity contribution is 0.0843. The summed E-state index contributed by atoms with van der Waals surface area (Å²) in [6.07, 6.45) is 0. The highest BCUT2D eigenvalue weighted by atomic mass is 16.6. The highest BCUT2D eigenvalue weighted by molar-refractivity contribution is 6.06. The molecule has 0 atom stereocenters. The van der Waals surface area contributed by atoms with E-state index >= 15 is 0 Å². The van der Waals surface area contributed by atoms with Gasteiger partial charge < -0.3 is 9.47 Å². The molecule has 2 amide bonds. The second-order valence-electron chi connectivity index (χ2n) is 7.61. The summed E-state index contributed by atoms with van der Waals surface area (Å²) in [4.78, 5) is 38.5. The zero-order valence-corrected chi connectivity index (χ0v) is 18.0. The van der Waals surface area contributed by atoms with Gasteiger partial charge in [0.2, 0.25) is 0 Å². The van der Waals surface area contributed by atoms with Gasteiger partial charge in [-0.3, -0.25) is 25.2 Å². The molecule has 0 aliphatic carbocycles. The lowest BCUT2D eigenvalue weighted by Crippen LogP contribution is -2.42. The van der Waals surface area contributed by atoms with Crippen molar-refractivity contribution in [2.75, 3.05) is 13.2 Å². The molecule has 0 fully saturated rings. The minimum atomic E-state index is -0.649. The Morgan fingerprint density at radius 3 is 2.29 bits per heavy atom. The predicted octanol–water partition coefficient (Wildman–Crippen LogP) is 2.29. The number of benzene rings is 3. The smallest absolute Gasteiger partial charge is 0.290 e. The van der Waals surface area contributed by atoms with Gasteiger partial charge in [0.25, 0.3) is 17.4 Å². The number of nitrogens with one attached hydrogen (secondary N) is 2. The van der Waals surface area contributed by atoms with Crippen molar-refractivity contribution in [2.24, 2.45) is 0 Å². The number of hydrazine groups is 1. The lowest BCUT2D eigenvalue weighted by atomic mass is 10.1. The van der Waals surface area contributed by atoms with Crippen molar-refractivity contribution in [3.05, 3.63) is 100.0 Å². The van der Waals surface area contributed by atoms with Crippen LogP contribution in [0.3, 0.4) is 0 Å². The van der Waals surface area contributed by atoms with Gasteiger partial charge >= 0.3 is 0 Å². The minimum Gasteiger partial charge on any atom is -0.486 e. The topological polar surface area (TPSA) is 112 Å². The normalized spacial score (nSPS) is 12.2. The molecule has 170 valence electrons. The Kier molecular flexibility index (Phi) is 5.65. The monoisotopic (exact) mass is 456 g/mol. The van der Waals surface area contributed by atoms with Crippen molar-refractivity contribution in [1.82, 2.24) is 20.6 Å². The molecule has 2 N–H and O–H groups in total. The van der Waals surface area contributed by atoms with Gasteiger partial charge in [-0.2, -0.15) is 5.10 Å². The van der Waals surface area contributed by atoms with Crippen LogP contribution < -0.4 is 25.9 Å². The van der Waals surface area contributed by atoms with Crippen LogP contribution in [0.25, 0.3) is 10.8 Å². The van der Waals surface area contributed by atoms with Crippen molar-refractivity contribution in [3.63, 3.8) is 0 Å². The molecule has 9 nitrogen and oxygen atoms in total. The minimum absolute atomic E-state index is 0.0219. The molecule has 3 aromatic carbocycles. The van der Waals surface area contributed by atoms with Gasteiger partial charge in [0.15, 0.2) is 17.2 Å². The molecule has 0 radical (unpaired) electrons. The molecular weight excluding hydrogens is 436 g/mol. The Morgan fingerprint density at radius 2 is 1.50 bits per heavy atom. The molecule has 1 aliphatic heterocycles. The molecule has 0 spiro atoms. The number of carbonyl (C=O) groups excluding carboxylic acids is 2. The Hall–Kier alpha value is -4.66. The van der Waals surface area contributed by atoms with Gasteiger partial charge in [-0.25, -0.2) is 4.68 Å². The Morgan fingerprint density at radius 1 is 0.824 bits per heavy atom. The van der Waals surface area contributed by atoms with E-state index in [1.165, 1.54) is 4.68 Å². The van der Waals surface area contributed by atoms with E-state index in [9.17, 15) is 14.4 Å². The summed E-state index contributed by atoms with van der Waals surface area (Å²) in [5, 5.41) is 5.06. The van der Waals surface area contributed by atoms with Crippen LogP contribution in [0.1, 0.15) is 26.4 Å². The number of hydrogen-bond donors (Lipinski definition) is 2. The molecule has 2 heterocycles. The fourth-order valence-corrected chi connectivity index (χ4v) is 3.70. The first-order chi connectivity index (χ1) is 16.6. The van der Waals surface area contributed by atoms with Gasteiger partial charge in [0, 0.05) is 10.9 Å². The first kappa shape index (κ1) is 21.2. The standard InChI is InChI=1S/C25H20N4O5/c30-23(17-10-11-20-21(14-17)34-13-12-33-20)26-27-24(31)22-18-8-4-5-9-19(18)25(32)29(28-22)15-16-6-2-1-3-7-16/h1-11,14H,12-13,15H2,(H,26,30)(H,27,31). The van der Waals surface area contributed by atoms with Crippen LogP contribution in [0, 0.1) is 0 Å². The summed E-state index contributed by atoms with van der Waals surface area (Å²) in [5.41, 5.74) is 5.65. The van der Waals surface area contributed by atoms with Crippen LogP contribution >= 0.6 is 0 Å². The largest absolute Gasteiger partial charge is 0.486 e. The van der Waals surface area contributed by atoms with Crippen LogP contribution in [0.5, 0.6) is 11.5 Å². The van der Waals surface area contributed by atoms with E-state index in [-0.39, 0.29) is 23.4 Å². The van der Waals surface area contributed by atoms with Gasteiger partial charge in [-0.05, 0) is 29.8 Å². The number of carbonyl (C=O) groups is 2. The molecule has 0 unspecified atom stereocenters. The SMILES string of the molecule is O=C(NNC(=O)c1nn(Cc2ccccc2)c(=O)c2ccccc12)c1ccc2c(c1)OCCO2. The maximum absolute atomic E-state index is 13.0. The lowest BCUT2D eigenvalue weighted by Gasteiger charge is -2.18. The number of rotatable bonds is 4. The molecule has 4 aromatic rings. The highest BCUT2D eigenvalue weighted by Crippen LogP contribution is 2.30. The molecule has 0 saturated heterocycles. The molecule has 0 saturated carbocycles. The number of hydrogen-bond acceptors (Lipinski definition) is 6. The first-order valence-electron chi connectivity index (χ1n) is 10.6. The quantitative estimate of drug-likeness (QED) is 0.456. The average Bonchev–Trinajstić information content (AvgIpc) is 2.89. The van der Waals surface area contributed by atoms with E-state index in [0.717, 1.165) is 5.56 Å². The van der Waals surface area contributed by atoms with Crippen molar-refractivity contribution in [2.45, 2.75) is 6.54 Å². The zero-order valence-electron chi connectivity index (χ0n) is 18.0. The zero-order chi connectivity index (χ0) is 23.5. The Balaban J connectivity index is 1.40. The summed E-state index contributed by atoms with van der Waals surface area (Å²) in [6.45, 7) is 1.04. The van der Waals surface area contributed by atoms with Crippen molar-refractivity contribution in [3.8, 4) is 11.5 Å². The molecule has 1 aromatic heterocycles. The first-order valence-corrected chi connectivity index (χ1v) is 10.6.